The van der Waals surface area contributed by atoms with Gasteiger partial charge in [0.1, 0.15) is 22.6 Å². The van der Waals surface area contributed by atoms with Gasteiger partial charge in [-0.25, -0.2) is 17.2 Å². The summed E-state index contributed by atoms with van der Waals surface area (Å²) in [4.78, 5) is 13.0. The van der Waals surface area contributed by atoms with Crippen molar-refractivity contribution in [1.29, 1.82) is 0 Å². The van der Waals surface area contributed by atoms with Crippen molar-refractivity contribution in [1.82, 2.24) is 4.72 Å². The van der Waals surface area contributed by atoms with Crippen molar-refractivity contribution in [3.05, 3.63) is 60.2 Å². The summed E-state index contributed by atoms with van der Waals surface area (Å²) in [7, 11) is -4.19. The van der Waals surface area contributed by atoms with Crippen molar-refractivity contribution in [3.63, 3.8) is 0 Å². The summed E-state index contributed by atoms with van der Waals surface area (Å²) in [6.07, 6.45) is 0.168. The number of sulfonamides is 1. The van der Waals surface area contributed by atoms with E-state index in [4.69, 9.17) is 0 Å². The molecule has 126 valence electrons. The molecule has 0 bridgehead atoms. The first-order valence-electron chi connectivity index (χ1n) is 7.23. The molecular formula is C16H14F2N2O3S. The molecule has 1 unspecified atom stereocenters. The Labute approximate surface area is 138 Å². The molecular weight excluding hydrogens is 338 g/mol. The van der Waals surface area contributed by atoms with Crippen LogP contribution in [0, 0.1) is 11.6 Å². The predicted octanol–water partition coefficient (Wildman–Crippen LogP) is 2.05. The number of halogens is 2. The minimum atomic E-state index is -4.19. The van der Waals surface area contributed by atoms with Crippen LogP contribution in [0.5, 0.6) is 0 Å². The highest BCUT2D eigenvalue weighted by Crippen LogP contribution is 2.25. The van der Waals surface area contributed by atoms with Crippen LogP contribution in [0.2, 0.25) is 0 Å². The molecule has 1 aliphatic heterocycles. The maximum Gasteiger partial charge on any atom is 0.245 e. The van der Waals surface area contributed by atoms with Crippen LogP contribution in [0.15, 0.2) is 53.4 Å². The molecule has 1 heterocycles. The third-order valence-corrected chi connectivity index (χ3v) is 5.28. The van der Waals surface area contributed by atoms with Crippen molar-refractivity contribution < 1.29 is 22.0 Å². The lowest BCUT2D eigenvalue weighted by Crippen LogP contribution is -2.41. The van der Waals surface area contributed by atoms with E-state index in [2.05, 4.69) is 4.72 Å². The largest absolute Gasteiger partial charge is 0.308 e. The molecule has 2 aromatic carbocycles. The van der Waals surface area contributed by atoms with Gasteiger partial charge in [-0.2, -0.15) is 4.72 Å². The Morgan fingerprint density at radius 3 is 2.29 bits per heavy atom. The lowest BCUT2D eigenvalue weighted by molar-refractivity contribution is -0.118. The van der Waals surface area contributed by atoms with E-state index >= 15 is 0 Å². The van der Waals surface area contributed by atoms with Gasteiger partial charge in [-0.1, -0.05) is 24.3 Å². The van der Waals surface area contributed by atoms with Crippen molar-refractivity contribution in [2.24, 2.45) is 0 Å². The Bertz CT molecular complexity index is 886. The van der Waals surface area contributed by atoms with Gasteiger partial charge in [0.15, 0.2) is 0 Å². The molecule has 0 saturated carbocycles. The number of carbonyl (C=O) groups excluding carboxylic acids is 1. The Kier molecular flexibility index (Phi) is 4.33. The second-order valence-electron chi connectivity index (χ2n) is 5.33. The highest BCUT2D eigenvalue weighted by Gasteiger charge is 2.37. The summed E-state index contributed by atoms with van der Waals surface area (Å²) in [6.45, 7) is 0.171. The number of benzene rings is 2. The number of carbonyl (C=O) groups is 1. The van der Waals surface area contributed by atoms with Crippen molar-refractivity contribution in [2.75, 3.05) is 11.4 Å². The molecule has 0 aliphatic carbocycles. The smallest absolute Gasteiger partial charge is 0.245 e. The number of rotatable bonds is 4. The summed E-state index contributed by atoms with van der Waals surface area (Å²) in [5, 5.41) is 0. The fourth-order valence-electron chi connectivity index (χ4n) is 2.61. The highest BCUT2D eigenvalue weighted by atomic mass is 32.2. The minimum absolute atomic E-state index is 0.0927. The molecule has 1 N–H and O–H groups in total. The van der Waals surface area contributed by atoms with E-state index in [9.17, 15) is 22.0 Å². The van der Waals surface area contributed by atoms with E-state index in [1.807, 2.05) is 0 Å². The normalized spacial score (nSPS) is 18.2. The van der Waals surface area contributed by atoms with E-state index in [0.717, 1.165) is 12.1 Å². The van der Waals surface area contributed by atoms with Gasteiger partial charge < -0.3 is 4.90 Å². The summed E-state index contributed by atoms with van der Waals surface area (Å²) in [5.41, 5.74) is 0.0927. The van der Waals surface area contributed by atoms with Gasteiger partial charge in [-0.05, 0) is 30.7 Å². The zero-order valence-corrected chi connectivity index (χ0v) is 13.3. The summed E-state index contributed by atoms with van der Waals surface area (Å²) in [6, 6.07) is 9.59. The number of hydrogen-bond acceptors (Lipinski definition) is 3. The fourth-order valence-corrected chi connectivity index (χ4v) is 3.92. The lowest BCUT2D eigenvalue weighted by Gasteiger charge is -2.18. The first kappa shape index (κ1) is 16.5. The zero-order valence-electron chi connectivity index (χ0n) is 12.4. The van der Waals surface area contributed by atoms with E-state index in [0.29, 0.717) is 0 Å². The number of anilines is 1. The summed E-state index contributed by atoms with van der Waals surface area (Å²) >= 11 is 0. The van der Waals surface area contributed by atoms with Gasteiger partial charge in [-0.15, -0.1) is 0 Å². The van der Waals surface area contributed by atoms with Gasteiger partial charge in [0.05, 0.1) is 5.69 Å². The van der Waals surface area contributed by atoms with Gasteiger partial charge in [0.25, 0.3) is 0 Å². The first-order chi connectivity index (χ1) is 11.4. The molecule has 1 amide bonds. The molecule has 5 nitrogen and oxygen atoms in total. The predicted molar refractivity (Wildman–Crippen MR) is 83.9 cm³/mol. The summed E-state index contributed by atoms with van der Waals surface area (Å²) < 4.78 is 54.2. The highest BCUT2D eigenvalue weighted by molar-refractivity contribution is 7.89. The van der Waals surface area contributed by atoms with Crippen LogP contribution in [-0.4, -0.2) is 26.9 Å². The maximum atomic E-state index is 13.8. The van der Waals surface area contributed by atoms with Crippen LogP contribution < -0.4 is 9.62 Å². The molecule has 3 rings (SSSR count). The third-order valence-electron chi connectivity index (χ3n) is 3.77. The fraction of sp³-hybridized carbons (Fsp3) is 0.188. The Balaban J connectivity index is 1.82. The van der Waals surface area contributed by atoms with E-state index < -0.39 is 38.5 Å². The molecule has 8 heteroatoms. The average Bonchev–Trinajstić information content (AvgIpc) is 2.88. The second-order valence-corrected chi connectivity index (χ2v) is 7.02. The summed E-state index contributed by atoms with van der Waals surface area (Å²) in [5.74, 6) is -2.04. The number of nitrogens with one attached hydrogen (secondary N) is 1. The SMILES string of the molecule is O=C1C(NS(=O)(=O)c2ccccc2F)CCN1c1ccccc1F. The first-order valence-corrected chi connectivity index (χ1v) is 8.71. The van der Waals surface area contributed by atoms with Crippen LogP contribution in [0.4, 0.5) is 14.5 Å². The molecule has 24 heavy (non-hydrogen) atoms. The molecule has 0 radical (unpaired) electrons. The molecule has 1 fully saturated rings. The van der Waals surface area contributed by atoms with Crippen molar-refractivity contribution >= 4 is 21.6 Å². The molecule has 0 spiro atoms. The van der Waals surface area contributed by atoms with E-state index in [-0.39, 0.29) is 18.7 Å². The number of nitrogens with zero attached hydrogens (tertiary/aromatic N) is 1. The van der Waals surface area contributed by atoms with Gasteiger partial charge >= 0.3 is 0 Å². The lowest BCUT2D eigenvalue weighted by atomic mass is 10.2. The zero-order chi connectivity index (χ0) is 17.3. The number of amides is 1. The number of hydrogen-bond donors (Lipinski definition) is 1. The molecule has 0 aromatic heterocycles. The van der Waals surface area contributed by atoms with Crippen molar-refractivity contribution in [2.45, 2.75) is 17.4 Å². The topological polar surface area (TPSA) is 66.5 Å². The quantitative estimate of drug-likeness (QED) is 0.916. The van der Waals surface area contributed by atoms with Gasteiger partial charge in [0.2, 0.25) is 15.9 Å². The Morgan fingerprint density at radius 2 is 1.62 bits per heavy atom. The van der Waals surface area contributed by atoms with Crippen LogP contribution >= 0.6 is 0 Å². The maximum absolute atomic E-state index is 13.8. The molecule has 2 aromatic rings. The number of para-hydroxylation sites is 1. The molecule has 1 saturated heterocycles. The van der Waals surface area contributed by atoms with Crippen molar-refractivity contribution in [3.8, 4) is 0 Å². The van der Waals surface area contributed by atoms with E-state index in [1.54, 1.807) is 6.07 Å². The van der Waals surface area contributed by atoms with Gasteiger partial charge in [0, 0.05) is 6.54 Å². The van der Waals surface area contributed by atoms with Gasteiger partial charge in [-0.3, -0.25) is 4.79 Å². The standard InChI is InChI=1S/C16H14F2N2O3S/c17-11-5-1-3-7-14(11)20-10-9-13(16(20)21)19-24(22,23)15-8-4-2-6-12(15)18/h1-8,13,19H,9-10H2. The van der Waals surface area contributed by atoms with Crippen LogP contribution in [0.1, 0.15) is 6.42 Å². The van der Waals surface area contributed by atoms with Crippen LogP contribution in [0.3, 0.4) is 0 Å². The van der Waals surface area contributed by atoms with Crippen LogP contribution in [-0.2, 0) is 14.8 Å². The van der Waals surface area contributed by atoms with E-state index in [1.165, 1.54) is 35.2 Å². The Morgan fingerprint density at radius 1 is 1.00 bits per heavy atom. The average molecular weight is 352 g/mol. The molecule has 1 aliphatic rings. The molecule has 1 atom stereocenters. The Hall–Kier alpha value is -2.32. The third kappa shape index (κ3) is 3.02. The second kappa shape index (κ2) is 6.29. The van der Waals surface area contributed by atoms with Crippen LogP contribution in [0.25, 0.3) is 0 Å². The monoisotopic (exact) mass is 352 g/mol. The minimum Gasteiger partial charge on any atom is -0.308 e.